The van der Waals surface area contributed by atoms with Gasteiger partial charge in [0.15, 0.2) is 14.6 Å². The number of hydrogen-bond acceptors (Lipinski definition) is 9. The highest BCUT2D eigenvalue weighted by Crippen LogP contribution is 2.40. The predicted octanol–water partition coefficient (Wildman–Crippen LogP) is 4.17. The largest absolute Gasteiger partial charge is 0.491 e. The van der Waals surface area contributed by atoms with Crippen LogP contribution in [0, 0.1) is 0 Å². The molecule has 3 aromatic rings. The molecule has 9 nitrogen and oxygen atoms in total. The molecule has 0 saturated carbocycles. The first-order valence-electron chi connectivity index (χ1n) is 10.6. The second-order valence-electron chi connectivity index (χ2n) is 8.46. The van der Waals surface area contributed by atoms with E-state index in [0.717, 1.165) is 22.9 Å². The molecule has 0 bridgehead atoms. The average molecular weight is 538 g/mol. The van der Waals surface area contributed by atoms with Crippen LogP contribution in [0.1, 0.15) is 38.1 Å². The summed E-state index contributed by atoms with van der Waals surface area (Å²) < 4.78 is 35.5. The Morgan fingerprint density at radius 2 is 1.69 bits per heavy atom. The molecule has 0 aliphatic rings. The number of hydrogen-bond donors (Lipinski definition) is 2. The highest BCUT2D eigenvalue weighted by atomic mass is 32.2. The molecule has 0 aliphatic heterocycles. The summed E-state index contributed by atoms with van der Waals surface area (Å²) in [7, 11) is -5.84. The smallest absolute Gasteiger partial charge is 0.257 e. The molecule has 2 aromatic carbocycles. The number of aromatic nitrogens is 2. The minimum absolute atomic E-state index is 0.138. The van der Waals surface area contributed by atoms with Gasteiger partial charge >= 0.3 is 0 Å². The fourth-order valence-electron chi connectivity index (χ4n) is 2.80. The van der Waals surface area contributed by atoms with Crippen LogP contribution in [0.3, 0.4) is 0 Å². The summed E-state index contributed by atoms with van der Waals surface area (Å²) in [6, 6.07) is 10.8. The third-order valence-electron chi connectivity index (χ3n) is 4.88. The van der Waals surface area contributed by atoms with Crippen LogP contribution >= 0.6 is 18.4 Å². The molecular formula is C23H28N3O6PS2. The number of ether oxygens (including phenoxy) is 2. The lowest BCUT2D eigenvalue weighted by molar-refractivity contribution is 0.102. The van der Waals surface area contributed by atoms with Gasteiger partial charge in [0, 0.05) is 17.9 Å². The van der Waals surface area contributed by atoms with Gasteiger partial charge in [-0.3, -0.25) is 10.1 Å². The Morgan fingerprint density at radius 3 is 2.26 bits per heavy atom. The third kappa shape index (κ3) is 6.91. The average Bonchev–Trinajstić information content (AvgIpc) is 3.22. The molecule has 1 unspecified atom stereocenters. The Labute approximate surface area is 209 Å². The molecule has 0 spiro atoms. The first kappa shape index (κ1) is 26.9. The number of rotatable bonds is 8. The maximum Gasteiger partial charge on any atom is 0.257 e. The van der Waals surface area contributed by atoms with Crippen molar-refractivity contribution in [2.45, 2.75) is 38.7 Å². The molecule has 2 N–H and O–H groups in total. The number of carbonyl (C=O) groups excluding carboxylic acids is 1. The van der Waals surface area contributed by atoms with Gasteiger partial charge < -0.3 is 14.4 Å². The number of nitrogens with one attached hydrogen (secondary N) is 1. The maximum atomic E-state index is 13.0. The molecule has 1 heterocycles. The van der Waals surface area contributed by atoms with Crippen LogP contribution in [0.5, 0.6) is 17.2 Å². The van der Waals surface area contributed by atoms with Gasteiger partial charge in [-0.25, -0.2) is 8.42 Å². The van der Waals surface area contributed by atoms with Crippen molar-refractivity contribution in [3.05, 3.63) is 48.0 Å². The molecule has 3 rings (SSSR count). The molecule has 1 atom stereocenters. The van der Waals surface area contributed by atoms with Gasteiger partial charge in [-0.1, -0.05) is 11.3 Å². The maximum absolute atomic E-state index is 13.0. The summed E-state index contributed by atoms with van der Waals surface area (Å²) in [4.78, 5) is 23.9. The summed E-state index contributed by atoms with van der Waals surface area (Å²) in [5, 5.41) is 11.9. The number of benzene rings is 2. The summed E-state index contributed by atoms with van der Waals surface area (Å²) >= 11 is 1.13. The number of anilines is 1. The van der Waals surface area contributed by atoms with E-state index in [-0.39, 0.29) is 21.7 Å². The molecule has 0 fully saturated rings. The summed E-state index contributed by atoms with van der Waals surface area (Å²) in [5.41, 5.74) is 0.266. The molecular weight excluding hydrogens is 509 g/mol. The van der Waals surface area contributed by atoms with Crippen molar-refractivity contribution in [2.24, 2.45) is 0 Å². The summed E-state index contributed by atoms with van der Waals surface area (Å²) in [6.07, 6.45) is 0.993. The molecule has 0 aliphatic carbocycles. The van der Waals surface area contributed by atoms with Crippen LogP contribution < -0.4 is 19.5 Å². The monoisotopic (exact) mass is 537 g/mol. The second kappa shape index (κ2) is 10.5. The van der Waals surface area contributed by atoms with Crippen LogP contribution in [0.25, 0.3) is 0 Å². The second-order valence-corrected chi connectivity index (χ2v) is 15.0. The number of nitrogens with zero attached hydrogens (tertiary/aromatic N) is 2. The SMILES string of the molecule is CC(C)=P(C)(O)c1nnc(NC(=O)c2cc(Oc3ccc(S(C)(=O)=O)cc3)cc(OC(C)C)c2)s1. The van der Waals surface area contributed by atoms with E-state index in [1.807, 2.05) is 27.7 Å². The van der Waals surface area contributed by atoms with Crippen LogP contribution in [-0.4, -0.2) is 53.7 Å². The van der Waals surface area contributed by atoms with Gasteiger partial charge in [0.05, 0.1) is 18.1 Å². The van der Waals surface area contributed by atoms with E-state index in [1.54, 1.807) is 24.9 Å². The van der Waals surface area contributed by atoms with Gasteiger partial charge in [0.25, 0.3) is 5.91 Å². The quantitative estimate of drug-likeness (QED) is 0.410. The number of carbonyl (C=O) groups is 1. The summed E-state index contributed by atoms with van der Waals surface area (Å²) in [6.45, 7) is 9.13. The van der Waals surface area contributed by atoms with Gasteiger partial charge in [-0.15, -0.1) is 10.2 Å². The zero-order valence-electron chi connectivity index (χ0n) is 20.3. The Morgan fingerprint density at radius 1 is 1.06 bits per heavy atom. The molecule has 1 amide bonds. The van der Waals surface area contributed by atoms with Gasteiger partial charge in [0.2, 0.25) is 5.13 Å². The van der Waals surface area contributed by atoms with Crippen LogP contribution in [0.2, 0.25) is 0 Å². The third-order valence-corrected chi connectivity index (χ3v) is 10.6. The normalized spacial score (nSPS) is 13.3. The summed E-state index contributed by atoms with van der Waals surface area (Å²) in [5.74, 6) is 0.716. The first-order valence-corrected chi connectivity index (χ1v) is 15.5. The molecule has 0 saturated heterocycles. The van der Waals surface area contributed by atoms with Crippen molar-refractivity contribution in [3.63, 3.8) is 0 Å². The highest BCUT2D eigenvalue weighted by Gasteiger charge is 2.20. The first-order chi connectivity index (χ1) is 16.3. The van der Waals surface area contributed by atoms with Crippen molar-refractivity contribution < 1.29 is 27.6 Å². The van der Waals surface area contributed by atoms with Crippen LogP contribution in [0.4, 0.5) is 5.13 Å². The van der Waals surface area contributed by atoms with E-state index < -0.39 is 22.9 Å². The van der Waals surface area contributed by atoms with Crippen molar-refractivity contribution in [1.29, 1.82) is 0 Å². The van der Waals surface area contributed by atoms with E-state index >= 15 is 0 Å². The topological polar surface area (TPSA) is 128 Å². The van der Waals surface area contributed by atoms with Gasteiger partial charge in [0.1, 0.15) is 17.2 Å². The lowest BCUT2D eigenvalue weighted by Gasteiger charge is -2.14. The Kier molecular flexibility index (Phi) is 8.06. The fourth-order valence-corrected chi connectivity index (χ4v) is 6.03. The lowest BCUT2D eigenvalue weighted by Crippen LogP contribution is -2.13. The number of amides is 1. The zero-order valence-corrected chi connectivity index (χ0v) is 22.8. The molecule has 35 heavy (non-hydrogen) atoms. The van der Waals surface area contributed by atoms with Crippen molar-refractivity contribution >= 4 is 49.4 Å². The minimum Gasteiger partial charge on any atom is -0.491 e. The van der Waals surface area contributed by atoms with Gasteiger partial charge in [-0.2, -0.15) is 0 Å². The van der Waals surface area contributed by atoms with Crippen LogP contribution in [0.15, 0.2) is 47.4 Å². The Hall–Kier alpha value is -2.72. The van der Waals surface area contributed by atoms with E-state index in [2.05, 4.69) is 15.5 Å². The standard InChI is InChI=1S/C23H28N3O6PS2/c1-14(2)31-18-11-16(21(27)24-22-25-26-23(34-22)33(5,28)15(3)4)12-19(13-18)32-17-7-9-20(10-8-17)35(6,29)30/h7-14,28H,1-6H3,(H,24,25,27). The number of sulfone groups is 1. The van der Waals surface area contributed by atoms with Gasteiger partial charge in [-0.05, 0) is 76.1 Å². The van der Waals surface area contributed by atoms with Crippen LogP contribution in [-0.2, 0) is 9.84 Å². The lowest BCUT2D eigenvalue weighted by atomic mass is 10.2. The Bertz CT molecular complexity index is 1390. The van der Waals surface area contributed by atoms with E-state index in [4.69, 9.17) is 9.47 Å². The van der Waals surface area contributed by atoms with E-state index in [1.165, 1.54) is 24.3 Å². The molecule has 12 heteroatoms. The van der Waals surface area contributed by atoms with Crippen molar-refractivity contribution in [3.8, 4) is 17.2 Å². The minimum atomic E-state index is -3.33. The van der Waals surface area contributed by atoms with Crippen molar-refractivity contribution in [2.75, 3.05) is 18.2 Å². The Balaban J connectivity index is 1.88. The molecule has 188 valence electrons. The highest BCUT2D eigenvalue weighted by molar-refractivity contribution is 7.90. The molecule has 1 aromatic heterocycles. The zero-order chi connectivity index (χ0) is 26.0. The fraction of sp³-hybridized carbons (Fsp3) is 0.304. The van der Waals surface area contributed by atoms with E-state index in [0.29, 0.717) is 22.0 Å². The van der Waals surface area contributed by atoms with Crippen molar-refractivity contribution in [1.82, 2.24) is 10.2 Å². The molecule has 0 radical (unpaired) electrons. The predicted molar refractivity (Wildman–Crippen MR) is 141 cm³/mol. The van der Waals surface area contributed by atoms with E-state index in [9.17, 15) is 18.1 Å².